The van der Waals surface area contributed by atoms with E-state index in [-0.39, 0.29) is 0 Å². The normalized spacial score (nSPS) is 15.4. The third-order valence-corrected chi connectivity index (χ3v) is 4.26. The Hall–Kier alpha value is -2.07. The van der Waals surface area contributed by atoms with Crippen molar-refractivity contribution in [1.82, 2.24) is 9.97 Å². The van der Waals surface area contributed by atoms with Crippen LogP contribution >= 0.6 is 11.6 Å². The van der Waals surface area contributed by atoms with Crippen molar-refractivity contribution >= 4 is 28.6 Å². The van der Waals surface area contributed by atoms with Gasteiger partial charge in [0, 0.05) is 23.7 Å². The Labute approximate surface area is 133 Å². The number of benzene rings is 1. The Morgan fingerprint density at radius 1 is 0.909 bits per heavy atom. The lowest BCUT2D eigenvalue weighted by Crippen LogP contribution is -2.29. The molecular weight excluding hydrogens is 298 g/mol. The van der Waals surface area contributed by atoms with Crippen LogP contribution in [-0.2, 0) is 0 Å². The van der Waals surface area contributed by atoms with Gasteiger partial charge in [-0.3, -0.25) is 0 Å². The molecule has 0 aliphatic carbocycles. The van der Waals surface area contributed by atoms with Crippen molar-refractivity contribution < 1.29 is 4.42 Å². The molecule has 0 spiro atoms. The van der Waals surface area contributed by atoms with Crippen LogP contribution in [0.4, 0.5) is 5.82 Å². The number of hydrogen-bond donors (Lipinski definition) is 0. The van der Waals surface area contributed by atoms with Gasteiger partial charge in [-0.1, -0.05) is 11.6 Å². The minimum Gasteiger partial charge on any atom is -0.418 e. The molecule has 3 heterocycles. The molecule has 1 aromatic carbocycles. The number of hydrogen-bond acceptors (Lipinski definition) is 4. The van der Waals surface area contributed by atoms with E-state index >= 15 is 0 Å². The number of anilines is 1. The fourth-order valence-electron chi connectivity index (χ4n) is 2.82. The van der Waals surface area contributed by atoms with Crippen LogP contribution in [0.2, 0.25) is 5.02 Å². The number of oxazole rings is 1. The van der Waals surface area contributed by atoms with E-state index in [1.54, 1.807) is 0 Å². The second-order valence-corrected chi connectivity index (χ2v) is 6.00. The highest BCUT2D eigenvalue weighted by atomic mass is 35.5. The third kappa shape index (κ3) is 2.55. The first kappa shape index (κ1) is 13.6. The minimum absolute atomic E-state index is 0.579. The number of halogens is 1. The maximum atomic E-state index is 5.92. The summed E-state index contributed by atoms with van der Waals surface area (Å²) in [5.74, 6) is 1.56. The van der Waals surface area contributed by atoms with E-state index in [0.29, 0.717) is 16.6 Å². The molecule has 5 heteroatoms. The summed E-state index contributed by atoms with van der Waals surface area (Å²) in [6.07, 6.45) is 3.76. The van der Waals surface area contributed by atoms with E-state index in [1.807, 2.05) is 36.4 Å². The predicted octanol–water partition coefficient (Wildman–Crippen LogP) is 4.53. The molecule has 4 nitrogen and oxygen atoms in total. The first-order valence-corrected chi connectivity index (χ1v) is 7.96. The van der Waals surface area contributed by atoms with E-state index in [2.05, 4.69) is 14.9 Å². The standard InChI is InChI=1S/C17H16ClN3O/c18-13-6-4-12(5-7-13)16-19-14-8-9-15(20-17(14)22-16)21-10-2-1-3-11-21/h4-9H,1-3,10-11H2. The van der Waals surface area contributed by atoms with Gasteiger partial charge in [0.1, 0.15) is 11.3 Å². The Morgan fingerprint density at radius 3 is 2.45 bits per heavy atom. The van der Waals surface area contributed by atoms with Gasteiger partial charge in [0.2, 0.25) is 11.6 Å². The SMILES string of the molecule is Clc1ccc(-c2nc3ccc(N4CCCCC4)nc3o2)cc1. The first-order valence-electron chi connectivity index (χ1n) is 7.58. The third-order valence-electron chi connectivity index (χ3n) is 4.01. The van der Waals surface area contributed by atoms with Crippen molar-refractivity contribution in [3.63, 3.8) is 0 Å². The Morgan fingerprint density at radius 2 is 1.68 bits per heavy atom. The largest absolute Gasteiger partial charge is 0.418 e. The Balaban J connectivity index is 1.69. The zero-order chi connectivity index (χ0) is 14.9. The molecule has 22 heavy (non-hydrogen) atoms. The molecule has 0 unspecified atom stereocenters. The van der Waals surface area contributed by atoms with Crippen molar-refractivity contribution in [2.24, 2.45) is 0 Å². The highest BCUT2D eigenvalue weighted by Gasteiger charge is 2.15. The highest BCUT2D eigenvalue weighted by molar-refractivity contribution is 6.30. The van der Waals surface area contributed by atoms with Crippen molar-refractivity contribution in [2.45, 2.75) is 19.3 Å². The van der Waals surface area contributed by atoms with Crippen molar-refractivity contribution in [2.75, 3.05) is 18.0 Å². The lowest BCUT2D eigenvalue weighted by molar-refractivity contribution is 0.569. The average molecular weight is 314 g/mol. The molecule has 112 valence electrons. The molecule has 0 bridgehead atoms. The predicted molar refractivity (Wildman–Crippen MR) is 88.3 cm³/mol. The monoisotopic (exact) mass is 313 g/mol. The molecule has 0 saturated carbocycles. The summed E-state index contributed by atoms with van der Waals surface area (Å²) in [7, 11) is 0. The number of piperidine rings is 1. The molecule has 1 aliphatic rings. The van der Waals surface area contributed by atoms with Crippen molar-refractivity contribution in [3.05, 3.63) is 41.4 Å². The van der Waals surface area contributed by atoms with Crippen LogP contribution < -0.4 is 4.90 Å². The van der Waals surface area contributed by atoms with Gasteiger partial charge in [-0.25, -0.2) is 4.98 Å². The number of rotatable bonds is 2. The second-order valence-electron chi connectivity index (χ2n) is 5.57. The molecule has 2 aromatic heterocycles. The zero-order valence-electron chi connectivity index (χ0n) is 12.1. The fraction of sp³-hybridized carbons (Fsp3) is 0.294. The molecule has 4 rings (SSSR count). The minimum atomic E-state index is 0.579. The van der Waals surface area contributed by atoms with E-state index in [1.165, 1.54) is 19.3 Å². The number of fused-ring (bicyclic) bond motifs is 1. The number of pyridine rings is 1. The molecule has 0 N–H and O–H groups in total. The van der Waals surface area contributed by atoms with E-state index in [9.17, 15) is 0 Å². The van der Waals surface area contributed by atoms with Crippen molar-refractivity contribution in [1.29, 1.82) is 0 Å². The number of aromatic nitrogens is 2. The van der Waals surface area contributed by atoms with Crippen LogP contribution in [0.25, 0.3) is 22.7 Å². The van der Waals surface area contributed by atoms with Gasteiger partial charge in [-0.05, 0) is 55.7 Å². The van der Waals surface area contributed by atoms with Gasteiger partial charge in [0.05, 0.1) is 0 Å². The van der Waals surface area contributed by atoms with Gasteiger partial charge in [0.25, 0.3) is 0 Å². The van der Waals surface area contributed by atoms with Crippen molar-refractivity contribution in [3.8, 4) is 11.5 Å². The van der Waals surface area contributed by atoms with Gasteiger partial charge in [-0.2, -0.15) is 4.98 Å². The molecule has 1 fully saturated rings. The number of nitrogens with zero attached hydrogens (tertiary/aromatic N) is 3. The molecule has 1 saturated heterocycles. The molecule has 0 amide bonds. The van der Waals surface area contributed by atoms with Crippen LogP contribution in [-0.4, -0.2) is 23.1 Å². The smallest absolute Gasteiger partial charge is 0.249 e. The lowest BCUT2D eigenvalue weighted by Gasteiger charge is -2.27. The Kier molecular flexibility index (Phi) is 3.47. The van der Waals surface area contributed by atoms with Crippen LogP contribution in [0.15, 0.2) is 40.8 Å². The maximum absolute atomic E-state index is 5.92. The topological polar surface area (TPSA) is 42.2 Å². The summed E-state index contributed by atoms with van der Waals surface area (Å²) in [5, 5.41) is 0.699. The molecular formula is C17H16ClN3O. The van der Waals surface area contributed by atoms with E-state index in [4.69, 9.17) is 16.0 Å². The maximum Gasteiger partial charge on any atom is 0.249 e. The van der Waals surface area contributed by atoms with Gasteiger partial charge in [-0.15, -0.1) is 0 Å². The van der Waals surface area contributed by atoms with Crippen LogP contribution in [0.5, 0.6) is 0 Å². The molecule has 1 aliphatic heterocycles. The lowest BCUT2D eigenvalue weighted by atomic mass is 10.1. The zero-order valence-corrected chi connectivity index (χ0v) is 12.9. The summed E-state index contributed by atoms with van der Waals surface area (Å²) < 4.78 is 5.83. The van der Waals surface area contributed by atoms with E-state index < -0.39 is 0 Å². The molecule has 3 aromatic rings. The van der Waals surface area contributed by atoms with Crippen LogP contribution in [0, 0.1) is 0 Å². The summed E-state index contributed by atoms with van der Waals surface area (Å²) in [4.78, 5) is 11.5. The summed E-state index contributed by atoms with van der Waals surface area (Å²) in [6, 6.07) is 11.5. The Bertz CT molecular complexity index is 791. The summed E-state index contributed by atoms with van der Waals surface area (Å²) in [6.45, 7) is 2.13. The molecule has 0 atom stereocenters. The van der Waals surface area contributed by atoms with Gasteiger partial charge >= 0.3 is 0 Å². The van der Waals surface area contributed by atoms with Gasteiger partial charge < -0.3 is 9.32 Å². The van der Waals surface area contributed by atoms with E-state index in [0.717, 1.165) is 30.0 Å². The van der Waals surface area contributed by atoms with Crippen LogP contribution in [0.3, 0.4) is 0 Å². The average Bonchev–Trinajstić information content (AvgIpc) is 2.99. The first-order chi connectivity index (χ1) is 10.8. The quantitative estimate of drug-likeness (QED) is 0.697. The van der Waals surface area contributed by atoms with Crippen LogP contribution in [0.1, 0.15) is 19.3 Å². The second kappa shape index (κ2) is 5.61. The summed E-state index contributed by atoms with van der Waals surface area (Å²) in [5.41, 5.74) is 2.28. The summed E-state index contributed by atoms with van der Waals surface area (Å²) >= 11 is 5.92. The van der Waals surface area contributed by atoms with Gasteiger partial charge in [0.15, 0.2) is 0 Å². The molecule has 0 radical (unpaired) electrons. The highest BCUT2D eigenvalue weighted by Crippen LogP contribution is 2.26. The fourth-order valence-corrected chi connectivity index (χ4v) is 2.95.